The molecule has 0 amide bonds. The van der Waals surface area contributed by atoms with Gasteiger partial charge in [0.1, 0.15) is 12.2 Å². The van der Waals surface area contributed by atoms with E-state index in [1.54, 1.807) is 0 Å². The predicted octanol–water partition coefficient (Wildman–Crippen LogP) is 22.6. The Morgan fingerprint density at radius 3 is 0.961 bits per heavy atom. The van der Waals surface area contributed by atoms with E-state index in [9.17, 15) is 9.59 Å². The SMILES string of the molecule is CCCCCCCCCCCCCCCC(=O)O[C@@H]1CC(C)=C(/C=C/C(C)=C\C=C\C(C)=C\C=C\C=C(C)\C=C\C=C(C)\C=C\C2=C(C)C[C@@H](OC(=O)CCCCCCCCCCCCCCC)CC2(C)C)C(C)(C)C1. The molecule has 0 aromatic carbocycles. The van der Waals surface area contributed by atoms with Gasteiger partial charge in [0.05, 0.1) is 0 Å². The fourth-order valence-corrected chi connectivity index (χ4v) is 11.3. The monoisotopic (exact) mass is 1040 g/mol. The van der Waals surface area contributed by atoms with Crippen LogP contribution in [0.5, 0.6) is 0 Å². The van der Waals surface area contributed by atoms with Crippen molar-refractivity contribution >= 4 is 11.9 Å². The third kappa shape index (κ3) is 32.7. The number of rotatable bonds is 40. The number of carbonyl (C=O) groups is 2. The molecule has 0 aromatic rings. The molecule has 0 spiro atoms. The third-order valence-corrected chi connectivity index (χ3v) is 15.8. The molecule has 0 aromatic heterocycles. The van der Waals surface area contributed by atoms with Crippen molar-refractivity contribution in [1.82, 2.24) is 0 Å². The summed E-state index contributed by atoms with van der Waals surface area (Å²) in [6.07, 6.45) is 68.6. The molecule has 0 unspecified atom stereocenters. The zero-order valence-corrected chi connectivity index (χ0v) is 51.5. The number of hydrogen-bond donors (Lipinski definition) is 0. The molecule has 0 radical (unpaired) electrons. The Morgan fingerprint density at radius 1 is 0.408 bits per heavy atom. The van der Waals surface area contributed by atoms with Crippen molar-refractivity contribution in [1.29, 1.82) is 0 Å². The van der Waals surface area contributed by atoms with Gasteiger partial charge in [0.2, 0.25) is 0 Å². The van der Waals surface area contributed by atoms with Gasteiger partial charge in [-0.05, 0) is 89.2 Å². The predicted molar refractivity (Wildman–Crippen MR) is 333 cm³/mol. The lowest BCUT2D eigenvalue weighted by atomic mass is 9.71. The van der Waals surface area contributed by atoms with Crippen LogP contribution < -0.4 is 0 Å². The molecule has 4 heteroatoms. The van der Waals surface area contributed by atoms with Crippen LogP contribution in [0.25, 0.3) is 0 Å². The summed E-state index contributed by atoms with van der Waals surface area (Å²) in [6, 6.07) is 0. The fourth-order valence-electron chi connectivity index (χ4n) is 11.3. The molecule has 76 heavy (non-hydrogen) atoms. The molecule has 2 aliphatic carbocycles. The van der Waals surface area contributed by atoms with E-state index in [1.165, 1.54) is 186 Å². The highest BCUT2D eigenvalue weighted by Crippen LogP contribution is 2.43. The van der Waals surface area contributed by atoms with E-state index >= 15 is 0 Å². The molecule has 0 aliphatic heterocycles. The third-order valence-electron chi connectivity index (χ3n) is 15.8. The molecule has 428 valence electrons. The van der Waals surface area contributed by atoms with Crippen LogP contribution in [-0.4, -0.2) is 24.1 Å². The van der Waals surface area contributed by atoms with E-state index in [0.29, 0.717) is 12.8 Å². The van der Waals surface area contributed by atoms with Crippen molar-refractivity contribution in [3.8, 4) is 0 Å². The molecule has 2 rings (SSSR count). The number of carbonyl (C=O) groups excluding carboxylic acids is 2. The Bertz CT molecular complexity index is 1850. The normalized spacial score (nSPS) is 19.0. The molecule has 2 atom stereocenters. The van der Waals surface area contributed by atoms with E-state index in [0.717, 1.165) is 51.4 Å². The van der Waals surface area contributed by atoms with Crippen molar-refractivity contribution in [2.24, 2.45) is 10.8 Å². The number of unbranched alkanes of at least 4 members (excludes halogenated alkanes) is 24. The molecule has 0 fully saturated rings. The standard InChI is InChI=1S/C72H116O4/c1-13-15-17-19-21-23-25-27-29-31-33-35-37-49-69(73)75-65-55-63(7)67(71(9,10)57-65)53-51-61(5)47-41-45-59(3)43-39-40-44-60(4)46-42-48-62(6)52-54-68-64(8)56-66(58-72(68,11)12)76-70(74)50-38-36-34-32-30-28-26-24-22-20-18-16-14-2/h39-48,51-54,65-66H,13-38,49-50,55-58H2,1-12H3/b40-39+,45-41+,46-42+,53-51+,54-52+,59-43+,60-44+,61-47-,62-48+/t65-,66-/m1/s1. The van der Waals surface area contributed by atoms with Crippen LogP contribution in [0.1, 0.15) is 289 Å². The summed E-state index contributed by atoms with van der Waals surface area (Å²) in [4.78, 5) is 25.6. The van der Waals surface area contributed by atoms with Gasteiger partial charge in [-0.15, -0.1) is 0 Å². The zero-order chi connectivity index (χ0) is 55.9. The summed E-state index contributed by atoms with van der Waals surface area (Å²) in [7, 11) is 0. The lowest BCUT2D eigenvalue weighted by Gasteiger charge is -2.37. The Morgan fingerprint density at radius 2 is 0.671 bits per heavy atom. The maximum Gasteiger partial charge on any atom is 0.306 e. The Kier molecular flexibility index (Phi) is 36.9. The molecule has 0 bridgehead atoms. The first-order chi connectivity index (χ1) is 36.5. The Labute approximate surface area is 470 Å². The van der Waals surface area contributed by atoms with Gasteiger partial charge in [0.15, 0.2) is 0 Å². The van der Waals surface area contributed by atoms with E-state index in [2.05, 4.69) is 168 Å². The highest BCUT2D eigenvalue weighted by molar-refractivity contribution is 5.70. The minimum Gasteiger partial charge on any atom is -0.462 e. The summed E-state index contributed by atoms with van der Waals surface area (Å²) < 4.78 is 12.1. The maximum atomic E-state index is 12.8. The van der Waals surface area contributed by atoms with E-state index < -0.39 is 0 Å². The van der Waals surface area contributed by atoms with E-state index in [4.69, 9.17) is 9.47 Å². The molecular weight excluding hydrogens is 929 g/mol. The number of ether oxygens (including phenoxy) is 2. The smallest absolute Gasteiger partial charge is 0.306 e. The second-order valence-electron chi connectivity index (χ2n) is 24.6. The van der Waals surface area contributed by atoms with E-state index in [-0.39, 0.29) is 35.0 Å². The molecule has 0 heterocycles. The van der Waals surface area contributed by atoms with Gasteiger partial charge in [-0.3, -0.25) is 9.59 Å². The van der Waals surface area contributed by atoms with Crippen LogP contribution in [0.3, 0.4) is 0 Å². The van der Waals surface area contributed by atoms with Crippen LogP contribution >= 0.6 is 0 Å². The first-order valence-electron chi connectivity index (χ1n) is 31.3. The van der Waals surface area contributed by atoms with Crippen molar-refractivity contribution in [3.05, 3.63) is 130 Å². The van der Waals surface area contributed by atoms with Crippen LogP contribution in [0.15, 0.2) is 130 Å². The van der Waals surface area contributed by atoms with Gasteiger partial charge in [-0.25, -0.2) is 0 Å². The Hall–Kier alpha value is -3.92. The van der Waals surface area contributed by atoms with Gasteiger partial charge in [-0.2, -0.15) is 0 Å². The van der Waals surface area contributed by atoms with Gasteiger partial charge in [-0.1, -0.05) is 314 Å². The van der Waals surface area contributed by atoms with Gasteiger partial charge < -0.3 is 9.47 Å². The van der Waals surface area contributed by atoms with Crippen LogP contribution in [-0.2, 0) is 19.1 Å². The van der Waals surface area contributed by atoms with Crippen molar-refractivity contribution in [2.75, 3.05) is 0 Å². The maximum absolute atomic E-state index is 12.8. The molecule has 2 aliphatic rings. The molecule has 0 saturated heterocycles. The van der Waals surface area contributed by atoms with Crippen molar-refractivity contribution in [3.63, 3.8) is 0 Å². The molecular formula is C72H116O4. The average Bonchev–Trinajstić information content (AvgIpc) is 3.34. The van der Waals surface area contributed by atoms with Gasteiger partial charge >= 0.3 is 11.9 Å². The van der Waals surface area contributed by atoms with Crippen LogP contribution in [0.4, 0.5) is 0 Å². The molecule has 4 nitrogen and oxygen atoms in total. The number of allylic oxidation sites excluding steroid dienone is 20. The van der Waals surface area contributed by atoms with Gasteiger partial charge in [0.25, 0.3) is 0 Å². The first-order valence-corrected chi connectivity index (χ1v) is 31.3. The summed E-state index contributed by atoms with van der Waals surface area (Å²) in [6.45, 7) is 26.6. The Balaban J connectivity index is 1.73. The van der Waals surface area contributed by atoms with Crippen molar-refractivity contribution < 1.29 is 19.1 Å². The lowest BCUT2D eigenvalue weighted by molar-refractivity contribution is -0.151. The second kappa shape index (κ2) is 41.2. The second-order valence-corrected chi connectivity index (χ2v) is 24.6. The fraction of sp³-hybridized carbons (Fsp3) is 0.667. The van der Waals surface area contributed by atoms with Crippen LogP contribution in [0, 0.1) is 10.8 Å². The summed E-state index contributed by atoms with van der Waals surface area (Å²) in [5, 5.41) is 0. The molecule has 0 N–H and O–H groups in total. The topological polar surface area (TPSA) is 52.6 Å². The summed E-state index contributed by atoms with van der Waals surface area (Å²) >= 11 is 0. The highest BCUT2D eigenvalue weighted by atomic mass is 16.5. The average molecular weight is 1050 g/mol. The number of hydrogen-bond acceptors (Lipinski definition) is 4. The van der Waals surface area contributed by atoms with E-state index in [1.807, 2.05) is 0 Å². The quantitative estimate of drug-likeness (QED) is 0.0349. The summed E-state index contributed by atoms with van der Waals surface area (Å²) in [5.41, 5.74) is 9.98. The summed E-state index contributed by atoms with van der Waals surface area (Å²) in [5.74, 6) is -0.0504. The largest absolute Gasteiger partial charge is 0.462 e. The highest BCUT2D eigenvalue weighted by Gasteiger charge is 2.35. The minimum atomic E-state index is -0.0573. The first kappa shape index (κ1) is 68.2. The minimum absolute atomic E-state index is 0.0252. The number of esters is 2. The lowest BCUT2D eigenvalue weighted by Crippen LogP contribution is -2.31. The zero-order valence-electron chi connectivity index (χ0n) is 51.5. The van der Waals surface area contributed by atoms with Crippen LogP contribution in [0.2, 0.25) is 0 Å². The molecule has 0 saturated carbocycles. The van der Waals surface area contributed by atoms with Gasteiger partial charge in [0, 0.05) is 25.7 Å². The van der Waals surface area contributed by atoms with Crippen molar-refractivity contribution in [2.45, 2.75) is 301 Å².